The van der Waals surface area contributed by atoms with Gasteiger partial charge in [-0.15, -0.1) is 0 Å². The number of likely N-dealkylation sites (tertiary alicyclic amines) is 1. The molecule has 7 nitrogen and oxygen atoms in total. The van der Waals surface area contributed by atoms with Crippen molar-refractivity contribution in [3.05, 3.63) is 0 Å². The number of hydrogen-bond acceptors (Lipinski definition) is 4. The Morgan fingerprint density at radius 3 is 2.10 bits per heavy atom. The van der Waals surface area contributed by atoms with Gasteiger partial charge >= 0.3 is 0 Å². The number of nitrogens with zero attached hydrogens (tertiary/aromatic N) is 2. The molecule has 3 amide bonds. The minimum atomic E-state index is -0.506. The summed E-state index contributed by atoms with van der Waals surface area (Å²) < 4.78 is 0. The maximum atomic E-state index is 13.0. The van der Waals surface area contributed by atoms with E-state index in [2.05, 4.69) is 29.4 Å². The number of amides is 3. The maximum absolute atomic E-state index is 13.0. The van der Waals surface area contributed by atoms with E-state index in [0.29, 0.717) is 38.9 Å². The molecule has 1 rings (SSSR count). The molecule has 1 aliphatic heterocycles. The number of hydrogen-bond donors (Lipinski definition) is 2. The zero-order valence-electron chi connectivity index (χ0n) is 20.4. The molecule has 0 aliphatic carbocycles. The third-order valence-corrected chi connectivity index (χ3v) is 5.51. The van der Waals surface area contributed by atoms with Crippen LogP contribution >= 0.6 is 0 Å². The lowest BCUT2D eigenvalue weighted by Gasteiger charge is -2.35. The van der Waals surface area contributed by atoms with Crippen molar-refractivity contribution < 1.29 is 14.4 Å². The highest BCUT2D eigenvalue weighted by Crippen LogP contribution is 2.21. The van der Waals surface area contributed by atoms with E-state index in [0.717, 1.165) is 6.54 Å². The number of rotatable bonds is 10. The maximum Gasteiger partial charge on any atom is 0.245 e. The molecule has 0 aromatic rings. The summed E-state index contributed by atoms with van der Waals surface area (Å²) in [4.78, 5) is 41.7. The van der Waals surface area contributed by atoms with E-state index >= 15 is 0 Å². The van der Waals surface area contributed by atoms with Gasteiger partial charge in [0.1, 0.15) is 6.04 Å². The van der Waals surface area contributed by atoms with Crippen molar-refractivity contribution in [3.63, 3.8) is 0 Å². The van der Waals surface area contributed by atoms with Gasteiger partial charge in [0, 0.05) is 38.5 Å². The zero-order valence-corrected chi connectivity index (χ0v) is 20.4. The fourth-order valence-corrected chi connectivity index (χ4v) is 4.06. The summed E-state index contributed by atoms with van der Waals surface area (Å²) in [5, 5.41) is 6.02. The summed E-state index contributed by atoms with van der Waals surface area (Å²) >= 11 is 0. The predicted molar refractivity (Wildman–Crippen MR) is 121 cm³/mol. The lowest BCUT2D eigenvalue weighted by Crippen LogP contribution is -2.54. The van der Waals surface area contributed by atoms with Crippen LogP contribution in [0.5, 0.6) is 0 Å². The van der Waals surface area contributed by atoms with Gasteiger partial charge in [0.2, 0.25) is 17.7 Å². The monoisotopic (exact) mass is 424 g/mol. The average molecular weight is 425 g/mol. The Hall–Kier alpha value is -1.63. The highest BCUT2D eigenvalue weighted by molar-refractivity contribution is 5.88. The molecule has 1 heterocycles. The molecule has 0 bridgehead atoms. The molecule has 2 N–H and O–H groups in total. The van der Waals surface area contributed by atoms with E-state index in [1.54, 1.807) is 4.90 Å². The van der Waals surface area contributed by atoms with Gasteiger partial charge in [0.25, 0.3) is 0 Å². The average Bonchev–Trinajstić information content (AvgIpc) is 2.62. The smallest absolute Gasteiger partial charge is 0.245 e. The molecule has 0 spiro atoms. The first-order valence-corrected chi connectivity index (χ1v) is 11.3. The summed E-state index contributed by atoms with van der Waals surface area (Å²) in [7, 11) is 4.07. The van der Waals surface area contributed by atoms with E-state index in [1.165, 1.54) is 0 Å². The zero-order chi connectivity index (χ0) is 23.1. The second-order valence-corrected chi connectivity index (χ2v) is 10.6. The summed E-state index contributed by atoms with van der Waals surface area (Å²) in [6.07, 6.45) is 1.75. The summed E-state index contributed by atoms with van der Waals surface area (Å²) in [6, 6.07) is -0.506. The third kappa shape index (κ3) is 9.02. The van der Waals surface area contributed by atoms with Crippen molar-refractivity contribution in [2.24, 2.45) is 23.2 Å². The van der Waals surface area contributed by atoms with E-state index < -0.39 is 6.04 Å². The third-order valence-electron chi connectivity index (χ3n) is 5.51. The predicted octanol–water partition coefficient (Wildman–Crippen LogP) is 2.12. The van der Waals surface area contributed by atoms with Crippen LogP contribution in [-0.2, 0) is 14.4 Å². The van der Waals surface area contributed by atoms with E-state index in [1.807, 2.05) is 41.8 Å². The molecule has 1 fully saturated rings. The molecule has 1 saturated heterocycles. The molecular formula is C23H44N4O3. The van der Waals surface area contributed by atoms with Crippen molar-refractivity contribution in [1.29, 1.82) is 0 Å². The van der Waals surface area contributed by atoms with Crippen molar-refractivity contribution in [2.75, 3.05) is 40.3 Å². The van der Waals surface area contributed by atoms with Crippen LogP contribution in [0.3, 0.4) is 0 Å². The molecule has 1 atom stereocenters. The highest BCUT2D eigenvalue weighted by Gasteiger charge is 2.33. The van der Waals surface area contributed by atoms with Crippen LogP contribution < -0.4 is 10.6 Å². The largest absolute Gasteiger partial charge is 0.355 e. The molecule has 1 aliphatic rings. The van der Waals surface area contributed by atoms with Crippen LogP contribution in [0.1, 0.15) is 60.8 Å². The van der Waals surface area contributed by atoms with Gasteiger partial charge in [-0.05, 0) is 44.2 Å². The van der Waals surface area contributed by atoms with Gasteiger partial charge in [-0.2, -0.15) is 0 Å². The first kappa shape index (κ1) is 26.4. The first-order chi connectivity index (χ1) is 13.8. The number of piperidine rings is 1. The van der Waals surface area contributed by atoms with Crippen molar-refractivity contribution in [2.45, 2.75) is 66.8 Å². The Bertz CT molecular complexity index is 579. The van der Waals surface area contributed by atoms with E-state index in [-0.39, 0.29) is 40.9 Å². The molecule has 0 aromatic carbocycles. The molecule has 0 saturated carbocycles. The molecule has 30 heavy (non-hydrogen) atoms. The minimum absolute atomic E-state index is 0.00844. The van der Waals surface area contributed by atoms with Crippen molar-refractivity contribution >= 4 is 17.7 Å². The number of carbonyl (C=O) groups is 3. The summed E-state index contributed by atoms with van der Waals surface area (Å²) in [5.41, 5.74) is 0.00844. The quantitative estimate of drug-likeness (QED) is 0.563. The van der Waals surface area contributed by atoms with E-state index in [4.69, 9.17) is 0 Å². The molecule has 174 valence electrons. The first-order valence-electron chi connectivity index (χ1n) is 11.3. The lowest BCUT2D eigenvalue weighted by atomic mass is 9.91. The molecular weight excluding hydrogens is 380 g/mol. The van der Waals surface area contributed by atoms with Gasteiger partial charge in [-0.25, -0.2) is 0 Å². The van der Waals surface area contributed by atoms with Crippen LogP contribution in [0.4, 0.5) is 0 Å². The Morgan fingerprint density at radius 1 is 1.07 bits per heavy atom. The van der Waals surface area contributed by atoms with Crippen molar-refractivity contribution in [3.8, 4) is 0 Å². The van der Waals surface area contributed by atoms with Gasteiger partial charge < -0.3 is 20.4 Å². The molecule has 0 radical (unpaired) electrons. The van der Waals surface area contributed by atoms with Gasteiger partial charge in [-0.3, -0.25) is 14.4 Å². The van der Waals surface area contributed by atoms with Crippen LogP contribution in [0.25, 0.3) is 0 Å². The van der Waals surface area contributed by atoms with Gasteiger partial charge in [-0.1, -0.05) is 41.5 Å². The van der Waals surface area contributed by atoms with Crippen LogP contribution in [0, 0.1) is 23.2 Å². The Morgan fingerprint density at radius 2 is 1.63 bits per heavy atom. The molecule has 1 unspecified atom stereocenters. The molecule has 0 aromatic heterocycles. The van der Waals surface area contributed by atoms with E-state index in [9.17, 15) is 14.4 Å². The second-order valence-electron chi connectivity index (χ2n) is 10.6. The van der Waals surface area contributed by atoms with Gasteiger partial charge in [0.05, 0.1) is 0 Å². The lowest BCUT2D eigenvalue weighted by molar-refractivity contribution is -0.140. The fourth-order valence-electron chi connectivity index (χ4n) is 4.06. The van der Waals surface area contributed by atoms with Crippen molar-refractivity contribution in [1.82, 2.24) is 20.4 Å². The molecule has 7 heteroatoms. The fraction of sp³-hybridized carbons (Fsp3) is 0.870. The standard InChI is InChI=1S/C23H44N4O3/c1-16(2)13-19(28)25-20(17(3)4)22(30)27-11-9-18(10-12-27)21(29)24-14-23(5,6)15-26(7)8/h16-18,20H,9-15H2,1-8H3,(H,24,29)(H,25,28). The topological polar surface area (TPSA) is 81.8 Å². The number of carbonyl (C=O) groups excluding carboxylic acids is 3. The summed E-state index contributed by atoms with van der Waals surface area (Å²) in [5.74, 6) is 0.190. The Labute approximate surface area is 183 Å². The second kappa shape index (κ2) is 11.7. The van der Waals surface area contributed by atoms with Gasteiger partial charge in [0.15, 0.2) is 0 Å². The van der Waals surface area contributed by atoms with Crippen LogP contribution in [-0.4, -0.2) is 73.8 Å². The summed E-state index contributed by atoms with van der Waals surface area (Å²) in [6.45, 7) is 14.8. The Balaban J connectivity index is 2.55. The minimum Gasteiger partial charge on any atom is -0.355 e. The SMILES string of the molecule is CC(C)CC(=O)NC(C(=O)N1CCC(C(=O)NCC(C)(C)CN(C)C)CC1)C(C)C. The number of nitrogens with one attached hydrogen (secondary N) is 2. The normalized spacial score (nSPS) is 16.8. The Kier molecular flexibility index (Phi) is 10.3. The van der Waals surface area contributed by atoms with Crippen LogP contribution in [0.2, 0.25) is 0 Å². The van der Waals surface area contributed by atoms with Crippen LogP contribution in [0.15, 0.2) is 0 Å². The highest BCUT2D eigenvalue weighted by atomic mass is 16.2.